The van der Waals surface area contributed by atoms with Crippen molar-refractivity contribution >= 4 is 27.5 Å². The lowest BCUT2D eigenvalue weighted by Crippen LogP contribution is -2.36. The lowest BCUT2D eigenvalue weighted by molar-refractivity contribution is 0.0555. The van der Waals surface area contributed by atoms with Gasteiger partial charge in [0.2, 0.25) is 0 Å². The van der Waals surface area contributed by atoms with Gasteiger partial charge < -0.3 is 10.4 Å². The van der Waals surface area contributed by atoms with Crippen molar-refractivity contribution in [1.82, 2.24) is 5.32 Å². The zero-order chi connectivity index (χ0) is 12.2. The van der Waals surface area contributed by atoms with Crippen LogP contribution in [0, 0.1) is 0 Å². The van der Waals surface area contributed by atoms with E-state index >= 15 is 0 Å². The molecule has 0 spiro atoms. The Balaban J connectivity index is 2.52. The average Bonchev–Trinajstić information content (AvgIpc) is 2.23. The predicted molar refractivity (Wildman–Crippen MR) is 71.8 cm³/mol. The van der Waals surface area contributed by atoms with E-state index in [9.17, 15) is 5.11 Å². The molecule has 0 heterocycles. The van der Waals surface area contributed by atoms with Crippen LogP contribution in [0.1, 0.15) is 25.8 Å². The van der Waals surface area contributed by atoms with Crippen molar-refractivity contribution in [2.24, 2.45) is 0 Å². The van der Waals surface area contributed by atoms with Gasteiger partial charge in [-0.25, -0.2) is 0 Å². The fraction of sp³-hybridized carbons (Fsp3) is 0.500. The minimum atomic E-state index is -0.648. The third-order valence-corrected chi connectivity index (χ3v) is 3.60. The molecule has 0 amide bonds. The summed E-state index contributed by atoms with van der Waals surface area (Å²) in [6, 6.07) is 5.69. The summed E-state index contributed by atoms with van der Waals surface area (Å²) in [5.74, 6) is 0. The quantitative estimate of drug-likeness (QED) is 0.874. The Morgan fingerprint density at radius 3 is 2.81 bits per heavy atom. The summed E-state index contributed by atoms with van der Waals surface area (Å²) in [6.45, 7) is 5.06. The second-order valence-corrected chi connectivity index (χ2v) is 5.48. The molecule has 0 saturated carbocycles. The van der Waals surface area contributed by atoms with Crippen LogP contribution in [-0.4, -0.2) is 17.3 Å². The Hall–Kier alpha value is -0.0900. The van der Waals surface area contributed by atoms with E-state index in [1.54, 1.807) is 0 Å². The molecule has 0 aliphatic heterocycles. The van der Waals surface area contributed by atoms with Crippen LogP contribution in [-0.2, 0) is 6.54 Å². The Labute approximate surface area is 110 Å². The summed E-state index contributed by atoms with van der Waals surface area (Å²) in [4.78, 5) is 0. The van der Waals surface area contributed by atoms with Crippen LogP contribution >= 0.6 is 27.5 Å². The van der Waals surface area contributed by atoms with E-state index in [2.05, 4.69) is 21.2 Å². The second-order valence-electron chi connectivity index (χ2n) is 4.19. The summed E-state index contributed by atoms with van der Waals surface area (Å²) < 4.78 is 1.03. The molecule has 0 bridgehead atoms. The molecule has 0 fully saturated rings. The summed E-state index contributed by atoms with van der Waals surface area (Å²) in [6.07, 6.45) is 0.733. The van der Waals surface area contributed by atoms with Crippen LogP contribution in [0.5, 0.6) is 0 Å². The summed E-state index contributed by atoms with van der Waals surface area (Å²) in [5, 5.41) is 13.8. The fourth-order valence-corrected chi connectivity index (χ4v) is 1.85. The number of rotatable bonds is 5. The first kappa shape index (κ1) is 14.0. The van der Waals surface area contributed by atoms with E-state index in [0.717, 1.165) is 21.5 Å². The minimum Gasteiger partial charge on any atom is -0.389 e. The van der Waals surface area contributed by atoms with Gasteiger partial charge in [-0.1, -0.05) is 34.5 Å². The maximum atomic E-state index is 9.82. The summed E-state index contributed by atoms with van der Waals surface area (Å²) >= 11 is 9.38. The number of hydrogen-bond acceptors (Lipinski definition) is 2. The number of nitrogens with one attached hydrogen (secondary N) is 1. The van der Waals surface area contributed by atoms with Gasteiger partial charge in [-0.3, -0.25) is 0 Å². The maximum absolute atomic E-state index is 9.82. The van der Waals surface area contributed by atoms with E-state index in [4.69, 9.17) is 11.6 Å². The molecule has 0 aromatic heterocycles. The molecule has 1 aromatic rings. The Kier molecular flexibility index (Phi) is 5.25. The third-order valence-electron chi connectivity index (χ3n) is 2.59. The molecule has 0 aliphatic rings. The van der Waals surface area contributed by atoms with Gasteiger partial charge in [0.25, 0.3) is 0 Å². The normalized spacial score (nSPS) is 14.8. The zero-order valence-electron chi connectivity index (χ0n) is 9.56. The molecule has 0 saturated heterocycles. The molecular formula is C12H17BrClNO. The van der Waals surface area contributed by atoms with Crippen LogP contribution < -0.4 is 5.32 Å². The minimum absolute atomic E-state index is 0.572. The van der Waals surface area contributed by atoms with Crippen LogP contribution in [0.2, 0.25) is 5.02 Å². The molecule has 1 rings (SSSR count). The van der Waals surface area contributed by atoms with Gasteiger partial charge >= 0.3 is 0 Å². The number of hydrogen-bond donors (Lipinski definition) is 2. The highest BCUT2D eigenvalue weighted by Crippen LogP contribution is 2.21. The maximum Gasteiger partial charge on any atom is 0.0741 e. The average molecular weight is 307 g/mol. The van der Waals surface area contributed by atoms with Crippen molar-refractivity contribution in [3.63, 3.8) is 0 Å². The van der Waals surface area contributed by atoms with Crippen molar-refractivity contribution in [2.75, 3.05) is 6.54 Å². The standard InChI is InChI=1S/C12H17BrClNO/c1-3-12(2,16)8-15-7-9-6-10(14)4-5-11(9)13/h4-6,15-16H,3,7-8H2,1-2H3. The Morgan fingerprint density at radius 2 is 2.19 bits per heavy atom. The van der Waals surface area contributed by atoms with Gasteiger partial charge in [0.1, 0.15) is 0 Å². The van der Waals surface area contributed by atoms with E-state index in [1.807, 2.05) is 32.0 Å². The number of benzene rings is 1. The van der Waals surface area contributed by atoms with Crippen molar-refractivity contribution in [1.29, 1.82) is 0 Å². The first-order valence-corrected chi connectivity index (χ1v) is 6.49. The van der Waals surface area contributed by atoms with Crippen LogP contribution in [0.25, 0.3) is 0 Å². The highest BCUT2D eigenvalue weighted by atomic mass is 79.9. The molecule has 0 aliphatic carbocycles. The highest BCUT2D eigenvalue weighted by Gasteiger charge is 2.16. The SMILES string of the molecule is CCC(C)(O)CNCc1cc(Cl)ccc1Br. The van der Waals surface area contributed by atoms with Crippen LogP contribution in [0.3, 0.4) is 0 Å². The summed E-state index contributed by atoms with van der Waals surface area (Å²) in [5.41, 5.74) is 0.449. The molecule has 16 heavy (non-hydrogen) atoms. The monoisotopic (exact) mass is 305 g/mol. The van der Waals surface area contributed by atoms with Gasteiger partial charge in [0.05, 0.1) is 5.60 Å². The first-order chi connectivity index (χ1) is 7.44. The molecule has 1 aromatic carbocycles. The van der Waals surface area contributed by atoms with Gasteiger partial charge in [-0.2, -0.15) is 0 Å². The molecule has 2 nitrogen and oxygen atoms in total. The van der Waals surface area contributed by atoms with E-state index in [-0.39, 0.29) is 0 Å². The third kappa shape index (κ3) is 4.42. The largest absolute Gasteiger partial charge is 0.389 e. The molecule has 4 heteroatoms. The molecule has 2 N–H and O–H groups in total. The lowest BCUT2D eigenvalue weighted by atomic mass is 10.0. The van der Waals surface area contributed by atoms with E-state index in [1.165, 1.54) is 0 Å². The van der Waals surface area contributed by atoms with Crippen LogP contribution in [0.15, 0.2) is 22.7 Å². The topological polar surface area (TPSA) is 32.3 Å². The fourth-order valence-electron chi connectivity index (χ4n) is 1.27. The van der Waals surface area contributed by atoms with E-state index in [0.29, 0.717) is 13.1 Å². The van der Waals surface area contributed by atoms with Gasteiger partial charge in [-0.15, -0.1) is 0 Å². The highest BCUT2D eigenvalue weighted by molar-refractivity contribution is 9.10. The predicted octanol–water partition coefficient (Wildman–Crippen LogP) is 3.35. The Bertz CT molecular complexity index is 355. The smallest absolute Gasteiger partial charge is 0.0741 e. The van der Waals surface area contributed by atoms with Crippen molar-refractivity contribution < 1.29 is 5.11 Å². The molecule has 90 valence electrons. The van der Waals surface area contributed by atoms with Crippen LogP contribution in [0.4, 0.5) is 0 Å². The van der Waals surface area contributed by atoms with E-state index < -0.39 is 5.60 Å². The van der Waals surface area contributed by atoms with Crippen molar-refractivity contribution in [3.05, 3.63) is 33.3 Å². The molecule has 0 radical (unpaired) electrons. The molecular weight excluding hydrogens is 289 g/mol. The molecule has 1 unspecified atom stereocenters. The Morgan fingerprint density at radius 1 is 1.50 bits per heavy atom. The van der Waals surface area contributed by atoms with Crippen molar-refractivity contribution in [2.45, 2.75) is 32.4 Å². The number of halogens is 2. The number of aliphatic hydroxyl groups is 1. The molecule has 1 atom stereocenters. The van der Waals surface area contributed by atoms with Gasteiger partial charge in [-0.05, 0) is 37.1 Å². The lowest BCUT2D eigenvalue weighted by Gasteiger charge is -2.21. The zero-order valence-corrected chi connectivity index (χ0v) is 11.9. The second kappa shape index (κ2) is 6.01. The van der Waals surface area contributed by atoms with Gasteiger partial charge in [0.15, 0.2) is 0 Å². The first-order valence-electron chi connectivity index (χ1n) is 5.31. The summed E-state index contributed by atoms with van der Waals surface area (Å²) in [7, 11) is 0. The van der Waals surface area contributed by atoms with Gasteiger partial charge in [0, 0.05) is 22.6 Å². The van der Waals surface area contributed by atoms with Crippen molar-refractivity contribution in [3.8, 4) is 0 Å².